The molecule has 0 aliphatic carbocycles. The first-order valence-electron chi connectivity index (χ1n) is 5.08. The van der Waals surface area contributed by atoms with Gasteiger partial charge in [0.05, 0.1) is 13.9 Å². The van der Waals surface area contributed by atoms with Crippen LogP contribution in [0.15, 0.2) is 11.4 Å². The summed E-state index contributed by atoms with van der Waals surface area (Å²) >= 11 is 3.66. The van der Waals surface area contributed by atoms with Crippen LogP contribution in [-0.2, 0) is 4.79 Å². The predicted octanol–water partition coefficient (Wildman–Crippen LogP) is 2.58. The van der Waals surface area contributed by atoms with Crippen LogP contribution in [0.4, 0.5) is 0 Å². The maximum atomic E-state index is 11.7. The van der Waals surface area contributed by atoms with Crippen LogP contribution in [0.3, 0.4) is 0 Å². The molecule has 0 aliphatic heterocycles. The Balaban J connectivity index is 2.42. The van der Waals surface area contributed by atoms with Gasteiger partial charge in [-0.2, -0.15) is 0 Å². The van der Waals surface area contributed by atoms with Gasteiger partial charge < -0.3 is 10.4 Å². The lowest BCUT2D eigenvalue weighted by molar-refractivity contribution is -0.147. The molecule has 0 unspecified atom stereocenters. The summed E-state index contributed by atoms with van der Waals surface area (Å²) in [5.74, 6) is -0.998. The number of carbonyl (C=O) groups is 2. The molecule has 2 N–H and O–H groups in total. The fourth-order valence-electron chi connectivity index (χ4n) is 1.13. The average molecular weight is 367 g/mol. The molecule has 0 aliphatic rings. The molecule has 0 aromatic carbocycles. The quantitative estimate of drug-likeness (QED) is 0.787. The van der Waals surface area contributed by atoms with E-state index in [1.807, 2.05) is 6.07 Å². The third-order valence-corrected chi connectivity index (χ3v) is 4.23. The van der Waals surface area contributed by atoms with Crippen molar-refractivity contribution in [3.8, 4) is 0 Å². The fourth-order valence-corrected chi connectivity index (χ4v) is 2.45. The number of nitrogens with one attached hydrogen (secondary N) is 1. The molecule has 4 nitrogen and oxygen atoms in total. The van der Waals surface area contributed by atoms with Gasteiger partial charge in [0.2, 0.25) is 0 Å². The third kappa shape index (κ3) is 4.27. The predicted molar refractivity (Wildman–Crippen MR) is 75.4 cm³/mol. The van der Waals surface area contributed by atoms with Crippen molar-refractivity contribution >= 4 is 45.8 Å². The van der Waals surface area contributed by atoms with Crippen LogP contribution in [0.5, 0.6) is 0 Å². The monoisotopic (exact) mass is 367 g/mol. The van der Waals surface area contributed by atoms with Gasteiger partial charge in [-0.1, -0.05) is 0 Å². The molecule has 0 saturated heterocycles. The topological polar surface area (TPSA) is 66.4 Å². The number of thiophene rings is 1. The zero-order chi connectivity index (χ0) is 13.1. The minimum atomic E-state index is -0.850. The summed E-state index contributed by atoms with van der Waals surface area (Å²) in [5.41, 5.74) is -0.177. The highest BCUT2D eigenvalue weighted by Crippen LogP contribution is 2.20. The summed E-state index contributed by atoms with van der Waals surface area (Å²) in [4.78, 5) is 22.5. The molecule has 0 bridgehead atoms. The zero-order valence-corrected chi connectivity index (χ0v) is 12.6. The number of carboxylic acids is 1. The van der Waals surface area contributed by atoms with Gasteiger partial charge in [-0.25, -0.2) is 0 Å². The highest BCUT2D eigenvalue weighted by atomic mass is 127. The van der Waals surface area contributed by atoms with Gasteiger partial charge in [0.15, 0.2) is 0 Å². The SMILES string of the molecule is CC(C)(CCNC(=O)c1csc(I)c1)C(=O)O. The van der Waals surface area contributed by atoms with E-state index in [0.29, 0.717) is 18.5 Å². The lowest BCUT2D eigenvalue weighted by Gasteiger charge is -2.18. The van der Waals surface area contributed by atoms with E-state index in [0.717, 1.165) is 2.88 Å². The largest absolute Gasteiger partial charge is 0.481 e. The first-order chi connectivity index (χ1) is 7.83. The van der Waals surface area contributed by atoms with E-state index >= 15 is 0 Å². The normalized spacial score (nSPS) is 11.2. The number of hydrogen-bond acceptors (Lipinski definition) is 3. The number of aliphatic carboxylic acids is 1. The zero-order valence-electron chi connectivity index (χ0n) is 9.62. The van der Waals surface area contributed by atoms with E-state index in [2.05, 4.69) is 27.9 Å². The van der Waals surface area contributed by atoms with Gasteiger partial charge in [0.25, 0.3) is 5.91 Å². The summed E-state index contributed by atoms with van der Waals surface area (Å²) in [7, 11) is 0. The number of carboxylic acid groups (broad SMARTS) is 1. The van der Waals surface area contributed by atoms with Crippen LogP contribution in [0.1, 0.15) is 30.6 Å². The smallest absolute Gasteiger partial charge is 0.309 e. The standard InChI is InChI=1S/C11H14INO3S/c1-11(2,10(15)16)3-4-13-9(14)7-5-8(12)17-6-7/h5-6H,3-4H2,1-2H3,(H,13,14)(H,15,16). The van der Waals surface area contributed by atoms with Gasteiger partial charge >= 0.3 is 5.97 Å². The number of amides is 1. The molecule has 1 aromatic rings. The second-order valence-electron chi connectivity index (χ2n) is 4.33. The van der Waals surface area contributed by atoms with Gasteiger partial charge in [0.1, 0.15) is 0 Å². The molecule has 1 heterocycles. The Morgan fingerprint density at radius 1 is 1.53 bits per heavy atom. The van der Waals surface area contributed by atoms with Crippen molar-refractivity contribution in [3.05, 3.63) is 19.9 Å². The number of carbonyl (C=O) groups excluding carboxylic acids is 1. The van der Waals surface area contributed by atoms with Crippen LogP contribution in [0, 0.1) is 8.30 Å². The molecular weight excluding hydrogens is 353 g/mol. The highest BCUT2D eigenvalue weighted by Gasteiger charge is 2.26. The molecule has 0 saturated carbocycles. The Hall–Kier alpha value is -0.630. The van der Waals surface area contributed by atoms with E-state index in [-0.39, 0.29) is 5.91 Å². The third-order valence-electron chi connectivity index (χ3n) is 2.44. The Labute approximate surface area is 118 Å². The van der Waals surface area contributed by atoms with Gasteiger partial charge in [-0.15, -0.1) is 11.3 Å². The van der Waals surface area contributed by atoms with E-state index < -0.39 is 11.4 Å². The molecule has 1 amide bonds. The van der Waals surface area contributed by atoms with Crippen molar-refractivity contribution in [1.29, 1.82) is 0 Å². The van der Waals surface area contributed by atoms with Crippen LogP contribution in [-0.4, -0.2) is 23.5 Å². The Morgan fingerprint density at radius 3 is 2.65 bits per heavy atom. The second kappa shape index (κ2) is 5.81. The van der Waals surface area contributed by atoms with Crippen molar-refractivity contribution in [3.63, 3.8) is 0 Å². The minimum Gasteiger partial charge on any atom is -0.481 e. The summed E-state index contributed by atoms with van der Waals surface area (Å²) in [6, 6.07) is 1.81. The Morgan fingerprint density at radius 2 is 2.18 bits per heavy atom. The van der Waals surface area contributed by atoms with E-state index in [1.54, 1.807) is 19.2 Å². The average Bonchev–Trinajstić information content (AvgIpc) is 2.64. The molecule has 0 fully saturated rings. The minimum absolute atomic E-state index is 0.148. The molecular formula is C11H14INO3S. The Bertz CT molecular complexity index is 428. The van der Waals surface area contributed by atoms with Crippen molar-refractivity contribution < 1.29 is 14.7 Å². The van der Waals surface area contributed by atoms with Gasteiger partial charge in [-0.3, -0.25) is 9.59 Å². The molecule has 6 heteroatoms. The second-order valence-corrected chi connectivity index (χ2v) is 7.14. The Kier molecular flexibility index (Phi) is 4.93. The highest BCUT2D eigenvalue weighted by molar-refractivity contribution is 14.1. The van der Waals surface area contributed by atoms with E-state index in [1.165, 1.54) is 11.3 Å². The molecule has 0 spiro atoms. The first kappa shape index (κ1) is 14.4. The van der Waals surface area contributed by atoms with E-state index in [4.69, 9.17) is 5.11 Å². The maximum Gasteiger partial charge on any atom is 0.309 e. The number of rotatable bonds is 5. The molecule has 0 atom stereocenters. The maximum absolute atomic E-state index is 11.7. The summed E-state index contributed by atoms with van der Waals surface area (Å²) in [6.07, 6.45) is 0.412. The van der Waals surface area contributed by atoms with Crippen molar-refractivity contribution in [2.24, 2.45) is 5.41 Å². The summed E-state index contributed by atoms with van der Waals surface area (Å²) < 4.78 is 1.05. The summed E-state index contributed by atoms with van der Waals surface area (Å²) in [6.45, 7) is 3.66. The molecule has 1 aromatic heterocycles. The summed E-state index contributed by atoms with van der Waals surface area (Å²) in [5, 5.41) is 13.4. The van der Waals surface area contributed by atoms with Gasteiger partial charge in [-0.05, 0) is 48.9 Å². The van der Waals surface area contributed by atoms with Crippen LogP contribution in [0.2, 0.25) is 0 Å². The van der Waals surface area contributed by atoms with Crippen LogP contribution >= 0.6 is 33.9 Å². The fraction of sp³-hybridized carbons (Fsp3) is 0.455. The first-order valence-corrected chi connectivity index (χ1v) is 7.04. The number of halogens is 1. The van der Waals surface area contributed by atoms with E-state index in [9.17, 15) is 9.59 Å². The van der Waals surface area contributed by atoms with Crippen molar-refractivity contribution in [2.45, 2.75) is 20.3 Å². The molecule has 1 rings (SSSR count). The molecule has 17 heavy (non-hydrogen) atoms. The lowest BCUT2D eigenvalue weighted by Crippen LogP contribution is -2.31. The van der Waals surface area contributed by atoms with Crippen LogP contribution in [0.25, 0.3) is 0 Å². The van der Waals surface area contributed by atoms with Crippen molar-refractivity contribution in [1.82, 2.24) is 5.32 Å². The molecule has 94 valence electrons. The molecule has 0 radical (unpaired) electrons. The van der Waals surface area contributed by atoms with Crippen molar-refractivity contribution in [2.75, 3.05) is 6.54 Å². The van der Waals surface area contributed by atoms with Crippen LogP contribution < -0.4 is 5.32 Å². The van der Waals surface area contributed by atoms with Gasteiger partial charge in [0, 0.05) is 11.9 Å². The lowest BCUT2D eigenvalue weighted by atomic mass is 9.90. The number of hydrogen-bond donors (Lipinski definition) is 2.